The maximum Gasteiger partial charge on any atom is 0.311 e. The molecular weight excluding hydrogens is 334 g/mol. The molecule has 1 aromatic rings. The van der Waals surface area contributed by atoms with Gasteiger partial charge in [0, 0.05) is 13.0 Å². The van der Waals surface area contributed by atoms with Gasteiger partial charge < -0.3 is 19.9 Å². The van der Waals surface area contributed by atoms with Crippen LogP contribution in [0.2, 0.25) is 0 Å². The number of amides is 1. The van der Waals surface area contributed by atoms with Crippen LogP contribution in [0.5, 0.6) is 11.5 Å². The van der Waals surface area contributed by atoms with Crippen LogP contribution in [-0.4, -0.2) is 36.7 Å². The lowest BCUT2D eigenvalue weighted by atomic mass is 9.74. The second-order valence-corrected chi connectivity index (χ2v) is 6.75. The Morgan fingerprint density at radius 2 is 1.77 bits per heavy atom. The van der Waals surface area contributed by atoms with Gasteiger partial charge >= 0.3 is 5.97 Å². The van der Waals surface area contributed by atoms with E-state index in [9.17, 15) is 14.7 Å². The lowest BCUT2D eigenvalue weighted by Gasteiger charge is -2.33. The van der Waals surface area contributed by atoms with Crippen molar-refractivity contribution in [1.82, 2.24) is 5.32 Å². The summed E-state index contributed by atoms with van der Waals surface area (Å²) in [5.41, 5.74) is -0.791. The molecule has 144 valence electrons. The first kappa shape index (κ1) is 20.1. The van der Waals surface area contributed by atoms with E-state index < -0.39 is 11.4 Å². The SMILES string of the molecule is CCOc1ccccc1OCCCC(=O)NCC1(C(=O)O)CCCCC1. The fourth-order valence-corrected chi connectivity index (χ4v) is 3.31. The third-order valence-electron chi connectivity index (χ3n) is 4.84. The quantitative estimate of drug-likeness (QED) is 0.623. The predicted octanol–water partition coefficient (Wildman–Crippen LogP) is 3.40. The standard InChI is InChI=1S/C20H29NO5/c1-2-25-16-9-4-5-10-17(16)26-14-8-11-18(22)21-15-20(19(23)24)12-6-3-7-13-20/h4-5,9-10H,2-3,6-8,11-15H2,1H3,(H,21,22)(H,23,24). The molecule has 0 aromatic heterocycles. The number of hydrogen-bond acceptors (Lipinski definition) is 4. The molecular formula is C20H29NO5. The number of carbonyl (C=O) groups excluding carboxylic acids is 1. The molecule has 0 aliphatic heterocycles. The van der Waals surface area contributed by atoms with Gasteiger partial charge in [-0.3, -0.25) is 9.59 Å². The Labute approximate surface area is 154 Å². The normalized spacial score (nSPS) is 15.9. The molecule has 1 fully saturated rings. The first-order valence-corrected chi connectivity index (χ1v) is 9.42. The highest BCUT2D eigenvalue weighted by molar-refractivity contribution is 5.79. The molecule has 1 aliphatic carbocycles. The minimum absolute atomic E-state index is 0.127. The van der Waals surface area contributed by atoms with E-state index in [1.165, 1.54) is 0 Å². The minimum Gasteiger partial charge on any atom is -0.490 e. The fraction of sp³-hybridized carbons (Fsp3) is 0.600. The molecule has 0 heterocycles. The largest absolute Gasteiger partial charge is 0.490 e. The Morgan fingerprint density at radius 1 is 1.12 bits per heavy atom. The van der Waals surface area contributed by atoms with Crippen LogP contribution in [0.3, 0.4) is 0 Å². The Kier molecular flexibility index (Phi) is 7.75. The molecule has 0 unspecified atom stereocenters. The second kappa shape index (κ2) is 10.0. The summed E-state index contributed by atoms with van der Waals surface area (Å²) >= 11 is 0. The predicted molar refractivity (Wildman–Crippen MR) is 98.5 cm³/mol. The zero-order chi connectivity index (χ0) is 18.8. The van der Waals surface area contributed by atoms with Crippen molar-refractivity contribution in [2.45, 2.75) is 51.9 Å². The van der Waals surface area contributed by atoms with Gasteiger partial charge in [-0.25, -0.2) is 0 Å². The molecule has 1 amide bonds. The summed E-state index contributed by atoms with van der Waals surface area (Å²) in [6.45, 7) is 3.10. The monoisotopic (exact) mass is 363 g/mol. The van der Waals surface area contributed by atoms with E-state index in [2.05, 4.69) is 5.32 Å². The Bertz CT molecular complexity index is 596. The summed E-state index contributed by atoms with van der Waals surface area (Å²) in [5, 5.41) is 12.3. The van der Waals surface area contributed by atoms with E-state index >= 15 is 0 Å². The van der Waals surface area contributed by atoms with Crippen molar-refractivity contribution in [1.29, 1.82) is 0 Å². The molecule has 6 nitrogen and oxygen atoms in total. The summed E-state index contributed by atoms with van der Waals surface area (Å²) in [5.74, 6) is 0.438. The van der Waals surface area contributed by atoms with Crippen molar-refractivity contribution >= 4 is 11.9 Å². The summed E-state index contributed by atoms with van der Waals surface area (Å²) in [4.78, 5) is 23.7. The van der Waals surface area contributed by atoms with Gasteiger partial charge in [0.2, 0.25) is 5.91 Å². The number of hydrogen-bond donors (Lipinski definition) is 2. The van der Waals surface area contributed by atoms with Crippen molar-refractivity contribution in [2.75, 3.05) is 19.8 Å². The van der Waals surface area contributed by atoms with E-state index in [1.807, 2.05) is 31.2 Å². The summed E-state index contributed by atoms with van der Waals surface area (Å²) in [6, 6.07) is 7.45. The molecule has 1 aromatic carbocycles. The van der Waals surface area contributed by atoms with E-state index in [-0.39, 0.29) is 12.5 Å². The maximum absolute atomic E-state index is 12.0. The molecule has 1 aliphatic rings. The first-order valence-electron chi connectivity index (χ1n) is 9.42. The topological polar surface area (TPSA) is 84.9 Å². The van der Waals surface area contributed by atoms with Crippen LogP contribution in [0.25, 0.3) is 0 Å². The van der Waals surface area contributed by atoms with Crippen molar-refractivity contribution < 1.29 is 24.2 Å². The third-order valence-corrected chi connectivity index (χ3v) is 4.84. The van der Waals surface area contributed by atoms with Crippen LogP contribution < -0.4 is 14.8 Å². The number of aliphatic carboxylic acids is 1. The van der Waals surface area contributed by atoms with Gasteiger partial charge in [-0.2, -0.15) is 0 Å². The molecule has 26 heavy (non-hydrogen) atoms. The molecule has 1 saturated carbocycles. The Hall–Kier alpha value is -2.24. The molecule has 2 N–H and O–H groups in total. The number of carboxylic acid groups (broad SMARTS) is 1. The smallest absolute Gasteiger partial charge is 0.311 e. The van der Waals surface area contributed by atoms with Crippen molar-refractivity contribution in [3.63, 3.8) is 0 Å². The average Bonchev–Trinajstić information content (AvgIpc) is 2.65. The number of carbonyl (C=O) groups is 2. The van der Waals surface area contributed by atoms with Gasteiger partial charge in [-0.05, 0) is 38.3 Å². The van der Waals surface area contributed by atoms with Crippen LogP contribution in [0.15, 0.2) is 24.3 Å². The highest BCUT2D eigenvalue weighted by Gasteiger charge is 2.39. The van der Waals surface area contributed by atoms with E-state index in [1.54, 1.807) is 0 Å². The summed E-state index contributed by atoms with van der Waals surface area (Å²) in [6.07, 6.45) is 5.05. The molecule has 6 heteroatoms. The van der Waals surface area contributed by atoms with Crippen molar-refractivity contribution in [2.24, 2.45) is 5.41 Å². The van der Waals surface area contributed by atoms with E-state index in [0.717, 1.165) is 19.3 Å². The van der Waals surface area contributed by atoms with Crippen molar-refractivity contribution in [3.8, 4) is 11.5 Å². The van der Waals surface area contributed by atoms with E-state index in [4.69, 9.17) is 9.47 Å². The minimum atomic E-state index is -0.798. The molecule has 0 bridgehead atoms. The Morgan fingerprint density at radius 3 is 2.38 bits per heavy atom. The van der Waals surface area contributed by atoms with E-state index in [0.29, 0.717) is 50.4 Å². The maximum atomic E-state index is 12.0. The third kappa shape index (κ3) is 5.64. The molecule has 0 spiro atoms. The van der Waals surface area contributed by atoms with Crippen LogP contribution in [0, 0.1) is 5.41 Å². The number of benzene rings is 1. The zero-order valence-electron chi connectivity index (χ0n) is 15.5. The van der Waals surface area contributed by atoms with Crippen LogP contribution >= 0.6 is 0 Å². The number of rotatable bonds is 10. The summed E-state index contributed by atoms with van der Waals surface area (Å²) < 4.78 is 11.2. The number of carboxylic acids is 1. The van der Waals surface area contributed by atoms with Gasteiger partial charge in [-0.1, -0.05) is 31.4 Å². The first-order chi connectivity index (χ1) is 12.6. The van der Waals surface area contributed by atoms with Gasteiger partial charge in [0.1, 0.15) is 0 Å². The van der Waals surface area contributed by atoms with Crippen LogP contribution in [-0.2, 0) is 9.59 Å². The van der Waals surface area contributed by atoms with Gasteiger partial charge in [-0.15, -0.1) is 0 Å². The van der Waals surface area contributed by atoms with Gasteiger partial charge in [0.25, 0.3) is 0 Å². The lowest BCUT2D eigenvalue weighted by Crippen LogP contribution is -2.44. The highest BCUT2D eigenvalue weighted by atomic mass is 16.5. The Balaban J connectivity index is 1.71. The number of para-hydroxylation sites is 2. The highest BCUT2D eigenvalue weighted by Crippen LogP contribution is 2.36. The lowest BCUT2D eigenvalue weighted by molar-refractivity contribution is -0.151. The number of ether oxygens (including phenoxy) is 2. The fourth-order valence-electron chi connectivity index (χ4n) is 3.31. The average molecular weight is 363 g/mol. The zero-order valence-corrected chi connectivity index (χ0v) is 15.5. The second-order valence-electron chi connectivity index (χ2n) is 6.75. The molecule has 0 atom stereocenters. The molecule has 2 rings (SSSR count). The number of nitrogens with one attached hydrogen (secondary N) is 1. The van der Waals surface area contributed by atoms with Gasteiger partial charge in [0.15, 0.2) is 11.5 Å². The van der Waals surface area contributed by atoms with Crippen LogP contribution in [0.4, 0.5) is 0 Å². The van der Waals surface area contributed by atoms with Crippen molar-refractivity contribution in [3.05, 3.63) is 24.3 Å². The van der Waals surface area contributed by atoms with Gasteiger partial charge in [0.05, 0.1) is 18.6 Å². The summed E-state index contributed by atoms with van der Waals surface area (Å²) in [7, 11) is 0. The molecule has 0 saturated heterocycles. The molecule has 0 radical (unpaired) electrons. The van der Waals surface area contributed by atoms with Crippen LogP contribution in [0.1, 0.15) is 51.9 Å².